The van der Waals surface area contributed by atoms with Gasteiger partial charge in [-0.25, -0.2) is 4.79 Å². The Hall–Kier alpha value is -2.57. The lowest BCUT2D eigenvalue weighted by Crippen LogP contribution is -2.47. The van der Waals surface area contributed by atoms with E-state index in [2.05, 4.69) is 5.32 Å². The molecule has 0 unspecified atom stereocenters. The second kappa shape index (κ2) is 8.17. The zero-order valence-electron chi connectivity index (χ0n) is 13.5. The molecule has 23 heavy (non-hydrogen) atoms. The van der Waals surface area contributed by atoms with Gasteiger partial charge in [-0.2, -0.15) is 0 Å². The van der Waals surface area contributed by atoms with Crippen molar-refractivity contribution in [3.05, 3.63) is 35.9 Å². The summed E-state index contributed by atoms with van der Waals surface area (Å²) >= 11 is 0. The van der Waals surface area contributed by atoms with Crippen LogP contribution >= 0.6 is 0 Å². The van der Waals surface area contributed by atoms with E-state index in [0.29, 0.717) is 0 Å². The Morgan fingerprint density at radius 1 is 1.17 bits per heavy atom. The van der Waals surface area contributed by atoms with Crippen molar-refractivity contribution in [1.82, 2.24) is 5.32 Å². The summed E-state index contributed by atoms with van der Waals surface area (Å²) in [5.41, 5.74) is 5.28. The first-order chi connectivity index (χ1) is 10.7. The molecule has 0 aliphatic carbocycles. The van der Waals surface area contributed by atoms with Crippen molar-refractivity contribution in [3.63, 3.8) is 0 Å². The molecule has 1 aromatic rings. The summed E-state index contributed by atoms with van der Waals surface area (Å²) < 4.78 is 10.1. The summed E-state index contributed by atoms with van der Waals surface area (Å²) in [7, 11) is 0. The Labute approximate surface area is 135 Å². The van der Waals surface area contributed by atoms with E-state index in [1.807, 2.05) is 18.2 Å². The van der Waals surface area contributed by atoms with E-state index in [9.17, 15) is 14.4 Å². The molecule has 0 fully saturated rings. The number of carbonyl (C=O) groups is 3. The lowest BCUT2D eigenvalue weighted by atomic mass is 10.2. The molecule has 0 aromatic heterocycles. The van der Waals surface area contributed by atoms with Crippen LogP contribution in [0.15, 0.2) is 30.3 Å². The number of benzene rings is 1. The molecule has 0 radical (unpaired) electrons. The van der Waals surface area contributed by atoms with Crippen LogP contribution < -0.4 is 11.1 Å². The summed E-state index contributed by atoms with van der Waals surface area (Å²) in [6, 6.07) is 7.90. The standard InChI is InChI=1S/C16H22N2O5/c1-16(2,3)23-15(21)18-12(14(17)20)9-13(19)22-10-11-7-5-4-6-8-11/h4-8,12H,9-10H2,1-3H3,(H2,17,20)(H,18,21)/t12-/m1/s1. The normalized spacial score (nSPS) is 12.1. The zero-order chi connectivity index (χ0) is 17.5. The Morgan fingerprint density at radius 3 is 2.30 bits per heavy atom. The smallest absolute Gasteiger partial charge is 0.408 e. The van der Waals surface area contributed by atoms with Crippen LogP contribution in [0.1, 0.15) is 32.8 Å². The van der Waals surface area contributed by atoms with Crippen LogP contribution in [0.3, 0.4) is 0 Å². The van der Waals surface area contributed by atoms with Crippen LogP contribution in [0.5, 0.6) is 0 Å². The highest BCUT2D eigenvalue weighted by Crippen LogP contribution is 2.08. The van der Waals surface area contributed by atoms with Crippen LogP contribution in [0, 0.1) is 0 Å². The second-order valence-corrected chi connectivity index (χ2v) is 5.95. The van der Waals surface area contributed by atoms with Crippen molar-refractivity contribution in [2.24, 2.45) is 5.73 Å². The van der Waals surface area contributed by atoms with E-state index in [1.54, 1.807) is 32.9 Å². The molecule has 7 heteroatoms. The van der Waals surface area contributed by atoms with Crippen molar-refractivity contribution < 1.29 is 23.9 Å². The Bertz CT molecular complexity index is 551. The minimum Gasteiger partial charge on any atom is -0.461 e. The molecule has 7 nitrogen and oxygen atoms in total. The van der Waals surface area contributed by atoms with Crippen LogP contribution in [-0.4, -0.2) is 29.6 Å². The van der Waals surface area contributed by atoms with Crippen molar-refractivity contribution in [2.75, 3.05) is 0 Å². The molecule has 0 heterocycles. The molecule has 0 aliphatic heterocycles. The van der Waals surface area contributed by atoms with Crippen molar-refractivity contribution >= 4 is 18.0 Å². The second-order valence-electron chi connectivity index (χ2n) is 5.95. The van der Waals surface area contributed by atoms with E-state index in [1.165, 1.54) is 0 Å². The number of ether oxygens (including phenoxy) is 2. The Balaban J connectivity index is 2.50. The minimum absolute atomic E-state index is 0.0809. The van der Waals surface area contributed by atoms with Gasteiger partial charge in [-0.05, 0) is 26.3 Å². The first kappa shape index (κ1) is 18.5. The number of rotatable bonds is 6. The number of primary amides is 1. The molecule has 1 atom stereocenters. The zero-order valence-corrected chi connectivity index (χ0v) is 13.5. The number of hydrogen-bond acceptors (Lipinski definition) is 5. The van der Waals surface area contributed by atoms with Crippen LogP contribution in [0.25, 0.3) is 0 Å². The van der Waals surface area contributed by atoms with Crippen molar-refractivity contribution in [2.45, 2.75) is 45.4 Å². The number of nitrogens with two attached hydrogens (primary N) is 1. The predicted octanol–water partition coefficient (Wildman–Crippen LogP) is 1.50. The third-order valence-corrected chi connectivity index (χ3v) is 2.65. The molecule has 3 N–H and O–H groups in total. The van der Waals surface area contributed by atoms with E-state index in [0.717, 1.165) is 5.56 Å². The maximum atomic E-state index is 11.8. The highest BCUT2D eigenvalue weighted by atomic mass is 16.6. The van der Waals surface area contributed by atoms with Gasteiger partial charge < -0.3 is 20.5 Å². The number of esters is 1. The van der Waals surface area contributed by atoms with Gasteiger partial charge in [-0.1, -0.05) is 30.3 Å². The number of hydrogen-bond donors (Lipinski definition) is 2. The molecule has 1 aromatic carbocycles. The first-order valence-corrected chi connectivity index (χ1v) is 7.16. The fourth-order valence-electron chi connectivity index (χ4n) is 1.64. The van der Waals surface area contributed by atoms with Gasteiger partial charge in [0.1, 0.15) is 18.2 Å². The largest absolute Gasteiger partial charge is 0.461 e. The van der Waals surface area contributed by atoms with Crippen LogP contribution in [0.2, 0.25) is 0 Å². The maximum absolute atomic E-state index is 11.8. The fraction of sp³-hybridized carbons (Fsp3) is 0.438. The molecule has 0 bridgehead atoms. The summed E-state index contributed by atoms with van der Waals surface area (Å²) in [5.74, 6) is -1.48. The molecule has 0 aliphatic rings. The first-order valence-electron chi connectivity index (χ1n) is 7.16. The highest BCUT2D eigenvalue weighted by Gasteiger charge is 2.25. The Kier molecular flexibility index (Phi) is 6.56. The molecule has 1 rings (SSSR count). The molecule has 0 spiro atoms. The van der Waals surface area contributed by atoms with Crippen molar-refractivity contribution in [1.29, 1.82) is 0 Å². The average Bonchev–Trinajstić information content (AvgIpc) is 2.43. The van der Waals surface area contributed by atoms with Gasteiger partial charge in [0.05, 0.1) is 6.42 Å². The third-order valence-electron chi connectivity index (χ3n) is 2.65. The summed E-state index contributed by atoms with van der Waals surface area (Å²) in [6.07, 6.45) is -1.18. The molecule has 0 saturated carbocycles. The number of alkyl carbamates (subject to hydrolysis) is 1. The third kappa shape index (κ3) is 7.85. The molecule has 0 saturated heterocycles. The molecule has 126 valence electrons. The number of nitrogens with one attached hydrogen (secondary N) is 1. The number of carbonyl (C=O) groups excluding carboxylic acids is 3. The summed E-state index contributed by atoms with van der Waals surface area (Å²) in [5, 5.41) is 2.27. The van der Waals surface area contributed by atoms with Gasteiger partial charge in [0.2, 0.25) is 5.91 Å². The minimum atomic E-state index is -1.19. The van der Waals surface area contributed by atoms with Gasteiger partial charge >= 0.3 is 12.1 Å². The van der Waals surface area contributed by atoms with Crippen molar-refractivity contribution in [3.8, 4) is 0 Å². The molecular formula is C16H22N2O5. The number of amides is 2. The van der Waals surface area contributed by atoms with E-state index in [4.69, 9.17) is 15.2 Å². The average molecular weight is 322 g/mol. The monoisotopic (exact) mass is 322 g/mol. The van der Waals surface area contributed by atoms with Crippen LogP contribution in [-0.2, 0) is 25.7 Å². The fourth-order valence-corrected chi connectivity index (χ4v) is 1.64. The van der Waals surface area contributed by atoms with E-state index in [-0.39, 0.29) is 13.0 Å². The van der Waals surface area contributed by atoms with E-state index < -0.39 is 29.6 Å². The summed E-state index contributed by atoms with van der Waals surface area (Å²) in [4.78, 5) is 34.8. The SMILES string of the molecule is CC(C)(C)OC(=O)N[C@H](CC(=O)OCc1ccccc1)C(N)=O. The van der Waals surface area contributed by atoms with Gasteiger partial charge in [0.25, 0.3) is 0 Å². The lowest BCUT2D eigenvalue weighted by molar-refractivity contribution is -0.146. The topological polar surface area (TPSA) is 108 Å². The van der Waals surface area contributed by atoms with E-state index >= 15 is 0 Å². The van der Waals surface area contributed by atoms with Gasteiger partial charge in [0.15, 0.2) is 0 Å². The molecule has 2 amide bonds. The van der Waals surface area contributed by atoms with Gasteiger partial charge in [-0.15, -0.1) is 0 Å². The highest BCUT2D eigenvalue weighted by molar-refractivity contribution is 5.88. The van der Waals surface area contributed by atoms with Crippen LogP contribution in [0.4, 0.5) is 4.79 Å². The Morgan fingerprint density at radius 2 is 1.78 bits per heavy atom. The maximum Gasteiger partial charge on any atom is 0.408 e. The molecular weight excluding hydrogens is 300 g/mol. The summed E-state index contributed by atoms with van der Waals surface area (Å²) in [6.45, 7) is 5.12. The predicted molar refractivity (Wildman–Crippen MR) is 83.2 cm³/mol. The van der Waals surface area contributed by atoms with Gasteiger partial charge in [0, 0.05) is 0 Å². The van der Waals surface area contributed by atoms with Gasteiger partial charge in [-0.3, -0.25) is 9.59 Å². The lowest BCUT2D eigenvalue weighted by Gasteiger charge is -2.22. The quantitative estimate of drug-likeness (QED) is 0.772.